The summed E-state index contributed by atoms with van der Waals surface area (Å²) < 4.78 is 31.9. The van der Waals surface area contributed by atoms with Crippen molar-refractivity contribution < 1.29 is 17.9 Å². The van der Waals surface area contributed by atoms with Gasteiger partial charge in [0.05, 0.1) is 24.3 Å². The fourth-order valence-corrected chi connectivity index (χ4v) is 3.83. The van der Waals surface area contributed by atoms with Crippen LogP contribution in [0.4, 0.5) is 0 Å². The molecule has 0 atom stereocenters. The summed E-state index contributed by atoms with van der Waals surface area (Å²) >= 11 is 3.23. The Morgan fingerprint density at radius 3 is 2.70 bits per heavy atom. The Hall–Kier alpha value is -1.15. The van der Waals surface area contributed by atoms with Crippen LogP contribution in [0, 0.1) is 0 Å². The molecule has 1 aromatic heterocycles. The molecular weight excluding hydrogens is 346 g/mol. The average Bonchev–Trinajstić information content (AvgIpc) is 2.92. The van der Waals surface area contributed by atoms with E-state index in [1.807, 2.05) is 0 Å². The van der Waals surface area contributed by atoms with Gasteiger partial charge in [0.1, 0.15) is 5.76 Å². The molecule has 2 rings (SSSR count). The third-order valence-electron chi connectivity index (χ3n) is 2.83. The minimum Gasteiger partial charge on any atom is -0.468 e. The van der Waals surface area contributed by atoms with E-state index in [4.69, 9.17) is 9.52 Å². The van der Waals surface area contributed by atoms with Crippen LogP contribution in [-0.4, -0.2) is 24.9 Å². The molecule has 0 radical (unpaired) electrons. The molecule has 0 bridgehead atoms. The van der Waals surface area contributed by atoms with Crippen LogP contribution in [0.25, 0.3) is 0 Å². The van der Waals surface area contributed by atoms with Gasteiger partial charge in [-0.2, -0.15) is 4.31 Å². The van der Waals surface area contributed by atoms with Crippen LogP contribution in [0.1, 0.15) is 11.3 Å². The second-order valence-electron chi connectivity index (χ2n) is 4.26. The van der Waals surface area contributed by atoms with Crippen molar-refractivity contribution in [2.45, 2.75) is 18.0 Å². The van der Waals surface area contributed by atoms with Crippen molar-refractivity contribution in [3.05, 3.63) is 52.4 Å². The van der Waals surface area contributed by atoms with Crippen molar-refractivity contribution in [3.8, 4) is 0 Å². The maximum atomic E-state index is 12.5. The standard InChI is InChI=1S/C13H14BrNO4S/c1-15(8-11-3-2-6-19-11)20(17,18)13-7-10(9-16)4-5-12(13)14/h2-7,16H,8-9H2,1H3. The Bertz CT molecular complexity index is 682. The Morgan fingerprint density at radius 2 is 2.10 bits per heavy atom. The van der Waals surface area contributed by atoms with E-state index in [1.165, 1.54) is 23.7 Å². The van der Waals surface area contributed by atoms with Crippen molar-refractivity contribution in [2.24, 2.45) is 0 Å². The van der Waals surface area contributed by atoms with Crippen molar-refractivity contribution >= 4 is 26.0 Å². The van der Waals surface area contributed by atoms with Crippen molar-refractivity contribution in [1.82, 2.24) is 4.31 Å². The highest BCUT2D eigenvalue weighted by molar-refractivity contribution is 9.10. The number of furan rings is 1. The van der Waals surface area contributed by atoms with Gasteiger partial charge >= 0.3 is 0 Å². The summed E-state index contributed by atoms with van der Waals surface area (Å²) in [5.41, 5.74) is 0.540. The summed E-state index contributed by atoms with van der Waals surface area (Å²) in [5, 5.41) is 9.13. The van der Waals surface area contributed by atoms with Crippen LogP contribution in [0.15, 0.2) is 50.4 Å². The van der Waals surface area contributed by atoms with Crippen LogP contribution in [-0.2, 0) is 23.2 Å². The highest BCUT2D eigenvalue weighted by atomic mass is 79.9. The van der Waals surface area contributed by atoms with Gasteiger partial charge in [-0.25, -0.2) is 8.42 Å². The first-order chi connectivity index (χ1) is 9.45. The zero-order valence-corrected chi connectivity index (χ0v) is 13.2. The van der Waals surface area contributed by atoms with Crippen molar-refractivity contribution in [2.75, 3.05) is 7.05 Å². The molecule has 0 amide bonds. The number of nitrogens with zero attached hydrogens (tertiary/aromatic N) is 1. The van der Waals surface area contributed by atoms with E-state index < -0.39 is 10.0 Å². The summed E-state index contributed by atoms with van der Waals surface area (Å²) in [5.74, 6) is 0.561. The topological polar surface area (TPSA) is 70.8 Å². The van der Waals surface area contributed by atoms with Gasteiger partial charge in [0.15, 0.2) is 0 Å². The molecule has 0 aliphatic carbocycles. The SMILES string of the molecule is CN(Cc1ccco1)S(=O)(=O)c1cc(CO)ccc1Br. The van der Waals surface area contributed by atoms with E-state index in [9.17, 15) is 8.42 Å². The summed E-state index contributed by atoms with van der Waals surface area (Å²) in [6.45, 7) is -0.0666. The quantitative estimate of drug-likeness (QED) is 0.889. The maximum absolute atomic E-state index is 12.5. The van der Waals surface area contributed by atoms with E-state index >= 15 is 0 Å². The lowest BCUT2D eigenvalue weighted by Crippen LogP contribution is -2.26. The predicted molar refractivity (Wildman–Crippen MR) is 77.4 cm³/mol. The Balaban J connectivity index is 2.34. The molecule has 0 fully saturated rings. The Labute approximate surface area is 126 Å². The van der Waals surface area contributed by atoms with E-state index in [1.54, 1.807) is 24.3 Å². The van der Waals surface area contributed by atoms with E-state index in [0.29, 0.717) is 15.8 Å². The first-order valence-electron chi connectivity index (χ1n) is 5.83. The van der Waals surface area contributed by atoms with Gasteiger partial charge in [0.2, 0.25) is 10.0 Å². The number of hydrogen-bond donors (Lipinski definition) is 1. The second-order valence-corrected chi connectivity index (χ2v) is 7.13. The van der Waals surface area contributed by atoms with E-state index in [2.05, 4.69) is 15.9 Å². The molecule has 1 N–H and O–H groups in total. The largest absolute Gasteiger partial charge is 0.468 e. The molecule has 5 nitrogen and oxygen atoms in total. The molecule has 0 aliphatic rings. The fourth-order valence-electron chi connectivity index (χ4n) is 1.72. The molecule has 20 heavy (non-hydrogen) atoms. The Kier molecular flexibility index (Phi) is 4.64. The molecule has 0 unspecified atom stereocenters. The monoisotopic (exact) mass is 359 g/mol. The van der Waals surface area contributed by atoms with Crippen LogP contribution in [0.2, 0.25) is 0 Å². The first-order valence-corrected chi connectivity index (χ1v) is 8.06. The number of aliphatic hydroxyl groups excluding tert-OH is 1. The fraction of sp³-hybridized carbons (Fsp3) is 0.231. The molecule has 0 spiro atoms. The maximum Gasteiger partial charge on any atom is 0.244 e. The van der Waals surface area contributed by atoms with E-state index in [0.717, 1.165) is 0 Å². The van der Waals surface area contributed by atoms with Crippen LogP contribution < -0.4 is 0 Å². The molecule has 0 saturated heterocycles. The highest BCUT2D eigenvalue weighted by Gasteiger charge is 2.24. The van der Waals surface area contributed by atoms with Crippen molar-refractivity contribution in [3.63, 3.8) is 0 Å². The van der Waals surface area contributed by atoms with Crippen molar-refractivity contribution in [1.29, 1.82) is 0 Å². The number of sulfonamides is 1. The first kappa shape index (κ1) is 15.2. The molecule has 0 saturated carbocycles. The lowest BCUT2D eigenvalue weighted by Gasteiger charge is -2.17. The molecule has 1 aromatic carbocycles. The minimum atomic E-state index is -3.66. The Morgan fingerprint density at radius 1 is 1.35 bits per heavy atom. The van der Waals surface area contributed by atoms with Gasteiger partial charge in [0.25, 0.3) is 0 Å². The van der Waals surface area contributed by atoms with Gasteiger partial charge in [-0.1, -0.05) is 6.07 Å². The lowest BCUT2D eigenvalue weighted by molar-refractivity contribution is 0.281. The molecule has 7 heteroatoms. The van der Waals surface area contributed by atoms with Gasteiger partial charge in [-0.15, -0.1) is 0 Å². The summed E-state index contributed by atoms with van der Waals surface area (Å²) in [6, 6.07) is 8.15. The van der Waals surface area contributed by atoms with Gasteiger partial charge in [-0.3, -0.25) is 0 Å². The lowest BCUT2D eigenvalue weighted by atomic mass is 10.2. The average molecular weight is 360 g/mol. The molecule has 108 valence electrons. The van der Waals surface area contributed by atoms with Crippen LogP contribution in [0.3, 0.4) is 0 Å². The molecule has 2 aromatic rings. The van der Waals surface area contributed by atoms with Gasteiger partial charge < -0.3 is 9.52 Å². The zero-order valence-electron chi connectivity index (χ0n) is 10.8. The predicted octanol–water partition coefficient (Wildman–Crippen LogP) is 2.36. The summed E-state index contributed by atoms with van der Waals surface area (Å²) in [7, 11) is -2.18. The number of rotatable bonds is 5. The van der Waals surface area contributed by atoms with Crippen LogP contribution >= 0.6 is 15.9 Å². The number of aliphatic hydroxyl groups is 1. The number of hydrogen-bond acceptors (Lipinski definition) is 4. The third-order valence-corrected chi connectivity index (χ3v) is 5.62. The number of halogens is 1. The third kappa shape index (κ3) is 3.12. The second kappa shape index (κ2) is 6.09. The zero-order chi connectivity index (χ0) is 14.8. The molecule has 0 aliphatic heterocycles. The molecular formula is C13H14BrNO4S. The normalized spacial score (nSPS) is 12.0. The number of benzene rings is 1. The molecule has 1 heterocycles. The van der Waals surface area contributed by atoms with Crippen LogP contribution in [0.5, 0.6) is 0 Å². The smallest absolute Gasteiger partial charge is 0.244 e. The highest BCUT2D eigenvalue weighted by Crippen LogP contribution is 2.26. The minimum absolute atomic E-state index is 0.123. The summed E-state index contributed by atoms with van der Waals surface area (Å²) in [6.07, 6.45) is 1.50. The summed E-state index contributed by atoms with van der Waals surface area (Å²) in [4.78, 5) is 0.123. The van der Waals surface area contributed by atoms with Gasteiger partial charge in [-0.05, 0) is 45.8 Å². The van der Waals surface area contributed by atoms with Gasteiger partial charge in [0, 0.05) is 11.5 Å². The van der Waals surface area contributed by atoms with E-state index in [-0.39, 0.29) is 18.0 Å².